The molecule has 2 aromatic heterocycles. The Morgan fingerprint density at radius 2 is 1.71 bits per heavy atom. The normalized spacial score (nSPS) is 25.1. The number of carbonyl (C=O) groups is 2. The smallest absolute Gasteiger partial charge is 0.243 e. The number of aryl methyl sites for hydroxylation is 1. The van der Waals surface area contributed by atoms with Crippen LogP contribution in [0.5, 0.6) is 0 Å². The monoisotopic (exact) mass is 785 g/mol. The molecule has 6 heterocycles. The van der Waals surface area contributed by atoms with Gasteiger partial charge in [-0.3, -0.25) is 14.5 Å². The van der Waals surface area contributed by atoms with E-state index < -0.39 is 12.0 Å². The summed E-state index contributed by atoms with van der Waals surface area (Å²) in [5, 5.41) is 17.8. The number of piperidine rings is 3. The van der Waals surface area contributed by atoms with E-state index in [1.54, 1.807) is 16.2 Å². The molecule has 12 heteroatoms. The first-order valence-electron chi connectivity index (χ1n) is 21.5. The zero-order valence-corrected chi connectivity index (χ0v) is 34.8. The molecule has 1 aromatic carbocycles. The number of nitrogens with zero attached hydrogens (tertiary/aromatic N) is 6. The van der Waals surface area contributed by atoms with Crippen molar-refractivity contribution in [3.8, 4) is 10.4 Å². The quantitative estimate of drug-likeness (QED) is 0.221. The molecule has 4 aliphatic heterocycles. The van der Waals surface area contributed by atoms with E-state index in [1.165, 1.54) is 51.9 Å². The largest absolute Gasteiger partial charge is 0.392 e. The van der Waals surface area contributed by atoms with Gasteiger partial charge in [-0.05, 0) is 126 Å². The van der Waals surface area contributed by atoms with Crippen LogP contribution in [0, 0.1) is 24.2 Å². The van der Waals surface area contributed by atoms with Gasteiger partial charge in [0.05, 0.1) is 28.2 Å². The first-order valence-corrected chi connectivity index (χ1v) is 22.4. The lowest BCUT2D eigenvalue weighted by molar-refractivity contribution is -0.141. The van der Waals surface area contributed by atoms with Crippen molar-refractivity contribution in [1.29, 1.82) is 0 Å². The minimum Gasteiger partial charge on any atom is -0.392 e. The van der Waals surface area contributed by atoms with E-state index in [0.29, 0.717) is 36.1 Å². The number of aliphatic hydroxyl groups is 1. The van der Waals surface area contributed by atoms with Crippen molar-refractivity contribution >= 4 is 29.0 Å². The molecular weight excluding hydrogens is 723 g/mol. The molecule has 2 amide bonds. The van der Waals surface area contributed by atoms with E-state index in [1.807, 2.05) is 39.3 Å². The molecule has 5 aliphatic rings. The molecule has 4 saturated heterocycles. The molecule has 1 saturated carbocycles. The van der Waals surface area contributed by atoms with Crippen molar-refractivity contribution < 1.29 is 19.2 Å². The van der Waals surface area contributed by atoms with Crippen molar-refractivity contribution in [2.45, 2.75) is 122 Å². The highest BCUT2D eigenvalue weighted by Gasteiger charge is 2.48. The third-order valence-corrected chi connectivity index (χ3v) is 15.0. The maximum atomic E-state index is 14.2. The number of benzene rings is 1. The molecule has 0 bridgehead atoms. The van der Waals surface area contributed by atoms with Crippen LogP contribution in [0.2, 0.25) is 0 Å². The van der Waals surface area contributed by atoms with Gasteiger partial charge in [0.1, 0.15) is 12.0 Å². The molecule has 1 aliphatic carbocycles. The highest BCUT2D eigenvalue weighted by Crippen LogP contribution is 2.51. The lowest BCUT2D eigenvalue weighted by atomic mass is 9.59. The maximum Gasteiger partial charge on any atom is 0.243 e. The molecule has 4 unspecified atom stereocenters. The standard InChI is InChI=1S/C44H63N7O4S/c1-29(2)40(43(54)51-18-6-8-37(51)42(53)46-30(3)33-9-11-34(12-10-33)41-31(4)45-28-56-41)38-23-39(47-55-38)49-19-13-32(14-20-49)26-48-21-15-44(16-22-48)24-35(25-44)50-17-5-7-36(52)27-50/h9-12,23,28-30,32,35-37,40,52H,5-8,13-22,24-27H2,1-4H3,(H,46,53). The minimum absolute atomic E-state index is 0.00913. The summed E-state index contributed by atoms with van der Waals surface area (Å²) in [6, 6.07) is 10.3. The summed E-state index contributed by atoms with van der Waals surface area (Å²) < 4.78 is 5.95. The number of anilines is 1. The van der Waals surface area contributed by atoms with Gasteiger partial charge in [0.25, 0.3) is 0 Å². The summed E-state index contributed by atoms with van der Waals surface area (Å²) in [4.78, 5) is 42.8. The van der Waals surface area contributed by atoms with Gasteiger partial charge in [-0.15, -0.1) is 11.3 Å². The summed E-state index contributed by atoms with van der Waals surface area (Å²) in [5.74, 6) is 1.43. The number of aromatic nitrogens is 2. The van der Waals surface area contributed by atoms with Gasteiger partial charge in [-0.25, -0.2) is 4.98 Å². The van der Waals surface area contributed by atoms with E-state index in [2.05, 4.69) is 54.4 Å². The number of β-amino-alcohol motifs (C(OH)–C–C–N with tert-alkyl or cyclic N) is 1. The minimum atomic E-state index is -0.502. The Hall–Kier alpha value is -3.32. The average molecular weight is 786 g/mol. The van der Waals surface area contributed by atoms with Crippen molar-refractivity contribution in [3.63, 3.8) is 0 Å². The van der Waals surface area contributed by atoms with Gasteiger partial charge in [0.15, 0.2) is 11.6 Å². The van der Waals surface area contributed by atoms with Gasteiger partial charge >= 0.3 is 0 Å². The molecule has 3 aromatic rings. The number of hydrogen-bond acceptors (Lipinski definition) is 10. The number of amides is 2. The number of carbonyl (C=O) groups excluding carboxylic acids is 2. The number of aliphatic hydroxyl groups excluding tert-OH is 1. The van der Waals surface area contributed by atoms with Crippen LogP contribution < -0.4 is 10.2 Å². The van der Waals surface area contributed by atoms with Crippen molar-refractivity contribution in [1.82, 2.24) is 30.2 Å². The van der Waals surface area contributed by atoms with E-state index in [-0.39, 0.29) is 29.9 Å². The fourth-order valence-electron chi connectivity index (χ4n) is 10.5. The van der Waals surface area contributed by atoms with Crippen LogP contribution in [0.3, 0.4) is 0 Å². The molecule has 304 valence electrons. The maximum absolute atomic E-state index is 14.2. The Balaban J connectivity index is 0.806. The summed E-state index contributed by atoms with van der Waals surface area (Å²) in [6.45, 7) is 16.2. The van der Waals surface area contributed by atoms with Crippen LogP contribution in [0.25, 0.3) is 10.4 Å². The lowest BCUT2D eigenvalue weighted by Gasteiger charge is -2.56. The molecule has 8 rings (SSSR count). The van der Waals surface area contributed by atoms with Gasteiger partial charge in [-0.2, -0.15) is 0 Å². The van der Waals surface area contributed by atoms with Crippen molar-refractivity contribution in [2.75, 3.05) is 57.3 Å². The number of rotatable bonds is 11. The summed E-state index contributed by atoms with van der Waals surface area (Å²) in [7, 11) is 0. The molecule has 11 nitrogen and oxygen atoms in total. The summed E-state index contributed by atoms with van der Waals surface area (Å²) in [5.41, 5.74) is 5.58. The van der Waals surface area contributed by atoms with Crippen LogP contribution in [0.1, 0.15) is 114 Å². The zero-order valence-electron chi connectivity index (χ0n) is 34.0. The molecular formula is C44H63N7O4S. The predicted octanol–water partition coefficient (Wildman–Crippen LogP) is 6.63. The van der Waals surface area contributed by atoms with Gasteiger partial charge < -0.3 is 29.6 Å². The molecule has 4 atom stereocenters. The second-order valence-corrected chi connectivity index (χ2v) is 19.1. The van der Waals surface area contributed by atoms with Gasteiger partial charge in [-0.1, -0.05) is 43.3 Å². The molecule has 56 heavy (non-hydrogen) atoms. The second-order valence-electron chi connectivity index (χ2n) is 18.2. The number of hydrogen-bond donors (Lipinski definition) is 2. The average Bonchev–Trinajstić information content (AvgIpc) is 3.97. The zero-order chi connectivity index (χ0) is 39.0. The van der Waals surface area contributed by atoms with Crippen LogP contribution in [-0.4, -0.2) is 112 Å². The Bertz CT molecular complexity index is 1790. The number of thiazole rings is 1. The molecule has 1 spiro atoms. The third kappa shape index (κ3) is 8.45. The Labute approximate surface area is 337 Å². The molecule has 5 fully saturated rings. The van der Waals surface area contributed by atoms with E-state index >= 15 is 0 Å². The van der Waals surface area contributed by atoms with Crippen LogP contribution in [0.15, 0.2) is 40.4 Å². The Kier molecular flexibility index (Phi) is 11.9. The fraction of sp³-hybridized carbons (Fsp3) is 0.682. The first-order chi connectivity index (χ1) is 27.1. The third-order valence-electron chi connectivity index (χ3n) is 14.0. The van der Waals surface area contributed by atoms with Crippen LogP contribution in [-0.2, 0) is 9.59 Å². The van der Waals surface area contributed by atoms with Gasteiger partial charge in [0.2, 0.25) is 11.8 Å². The van der Waals surface area contributed by atoms with Crippen molar-refractivity contribution in [3.05, 3.63) is 52.9 Å². The van der Waals surface area contributed by atoms with Crippen LogP contribution in [0.4, 0.5) is 5.82 Å². The lowest BCUT2D eigenvalue weighted by Crippen LogP contribution is -2.57. The topological polar surface area (TPSA) is 118 Å². The molecule has 0 radical (unpaired) electrons. The highest BCUT2D eigenvalue weighted by molar-refractivity contribution is 7.13. The Morgan fingerprint density at radius 3 is 2.39 bits per heavy atom. The number of likely N-dealkylation sites (tertiary alicyclic amines) is 3. The first kappa shape index (κ1) is 39.5. The number of nitrogens with one attached hydrogen (secondary N) is 1. The molecule has 2 N–H and O–H groups in total. The highest BCUT2D eigenvalue weighted by atomic mass is 32.1. The predicted molar refractivity (Wildman–Crippen MR) is 221 cm³/mol. The Morgan fingerprint density at radius 1 is 0.982 bits per heavy atom. The van der Waals surface area contributed by atoms with Crippen molar-refractivity contribution in [2.24, 2.45) is 17.3 Å². The van der Waals surface area contributed by atoms with E-state index in [0.717, 1.165) is 79.3 Å². The van der Waals surface area contributed by atoms with Gasteiger partial charge in [0, 0.05) is 44.8 Å². The fourth-order valence-corrected chi connectivity index (χ4v) is 11.3. The summed E-state index contributed by atoms with van der Waals surface area (Å²) >= 11 is 1.63. The van der Waals surface area contributed by atoms with E-state index in [4.69, 9.17) is 4.52 Å². The van der Waals surface area contributed by atoms with Crippen LogP contribution >= 0.6 is 11.3 Å². The van der Waals surface area contributed by atoms with E-state index in [9.17, 15) is 14.7 Å². The second kappa shape index (κ2) is 16.9. The summed E-state index contributed by atoms with van der Waals surface area (Å²) in [6.07, 6.45) is 11.0. The SMILES string of the molecule is Cc1ncsc1-c1ccc(C(C)NC(=O)C2CCCN2C(=O)C(c2cc(N3CCC(CN4CCC5(CC4)CC(N4CCCC(O)C4)C5)CC3)no2)C(C)C)cc1.